The van der Waals surface area contributed by atoms with Crippen LogP contribution in [0.25, 0.3) is 6.08 Å². The molecular formula is C19H28N4O4S. The van der Waals surface area contributed by atoms with Gasteiger partial charge < -0.3 is 5.32 Å². The second-order valence-electron chi connectivity index (χ2n) is 7.09. The molecule has 0 aromatic heterocycles. The Hall–Kier alpha value is -2.23. The van der Waals surface area contributed by atoms with E-state index in [2.05, 4.69) is 10.6 Å². The van der Waals surface area contributed by atoms with Crippen molar-refractivity contribution in [2.24, 2.45) is 5.92 Å². The molecule has 1 aliphatic heterocycles. The van der Waals surface area contributed by atoms with Crippen molar-refractivity contribution in [3.63, 3.8) is 0 Å². The molecule has 2 N–H and O–H groups in total. The van der Waals surface area contributed by atoms with Gasteiger partial charge in [0.15, 0.2) is 0 Å². The van der Waals surface area contributed by atoms with Crippen molar-refractivity contribution in [1.82, 2.24) is 19.8 Å². The molecule has 8 nitrogen and oxygen atoms in total. The van der Waals surface area contributed by atoms with Gasteiger partial charge in [-0.25, -0.2) is 13.2 Å². The molecule has 0 saturated carbocycles. The van der Waals surface area contributed by atoms with Crippen LogP contribution in [0.15, 0.2) is 35.7 Å². The van der Waals surface area contributed by atoms with E-state index in [-0.39, 0.29) is 6.54 Å². The van der Waals surface area contributed by atoms with E-state index in [9.17, 15) is 18.0 Å². The number of carbonyl (C=O) groups is 2. The summed E-state index contributed by atoms with van der Waals surface area (Å²) in [5, 5.41) is 6.12. The molecule has 0 spiro atoms. The molecule has 1 saturated heterocycles. The van der Waals surface area contributed by atoms with Gasteiger partial charge in [0.2, 0.25) is 15.9 Å². The average Bonchev–Trinajstić information content (AvgIpc) is 2.66. The number of urea groups is 1. The van der Waals surface area contributed by atoms with Gasteiger partial charge in [-0.3, -0.25) is 15.0 Å². The molecule has 0 unspecified atom stereocenters. The van der Waals surface area contributed by atoms with E-state index in [1.807, 2.05) is 49.1 Å². The Morgan fingerprint density at radius 1 is 1.11 bits per heavy atom. The Morgan fingerprint density at radius 2 is 1.75 bits per heavy atom. The zero-order valence-electron chi connectivity index (χ0n) is 16.3. The third kappa shape index (κ3) is 7.41. The highest BCUT2D eigenvalue weighted by atomic mass is 32.2. The van der Waals surface area contributed by atoms with Crippen LogP contribution in [0.3, 0.4) is 0 Å². The number of carbonyl (C=O) groups excluding carboxylic acids is 2. The predicted octanol–water partition coefficient (Wildman–Crippen LogP) is 1.09. The zero-order valence-corrected chi connectivity index (χ0v) is 17.1. The van der Waals surface area contributed by atoms with E-state index in [4.69, 9.17) is 0 Å². The first-order valence-corrected chi connectivity index (χ1v) is 10.8. The lowest BCUT2D eigenvalue weighted by Gasteiger charge is -2.32. The molecule has 0 bridgehead atoms. The van der Waals surface area contributed by atoms with Gasteiger partial charge >= 0.3 is 6.03 Å². The van der Waals surface area contributed by atoms with E-state index >= 15 is 0 Å². The molecule has 9 heteroatoms. The van der Waals surface area contributed by atoms with Crippen LogP contribution in [-0.2, 0) is 14.8 Å². The lowest BCUT2D eigenvalue weighted by atomic mass is 10.2. The normalized spacial score (nSPS) is 16.4. The minimum absolute atomic E-state index is 0.0584. The molecule has 1 fully saturated rings. The van der Waals surface area contributed by atoms with Crippen LogP contribution in [0.4, 0.5) is 4.79 Å². The van der Waals surface area contributed by atoms with Gasteiger partial charge in [0.05, 0.1) is 6.54 Å². The van der Waals surface area contributed by atoms with Crippen molar-refractivity contribution in [2.45, 2.75) is 13.8 Å². The molecule has 2 rings (SSSR count). The summed E-state index contributed by atoms with van der Waals surface area (Å²) >= 11 is 0. The van der Waals surface area contributed by atoms with Crippen molar-refractivity contribution < 1.29 is 18.0 Å². The van der Waals surface area contributed by atoms with Crippen LogP contribution in [0.5, 0.6) is 0 Å². The number of hydrogen-bond acceptors (Lipinski definition) is 5. The van der Waals surface area contributed by atoms with Gasteiger partial charge in [-0.1, -0.05) is 44.2 Å². The van der Waals surface area contributed by atoms with Crippen LogP contribution in [0.1, 0.15) is 19.4 Å². The van der Waals surface area contributed by atoms with Crippen molar-refractivity contribution in [2.75, 3.05) is 39.3 Å². The smallest absolute Gasteiger partial charge is 0.321 e. The van der Waals surface area contributed by atoms with Gasteiger partial charge in [0.1, 0.15) is 0 Å². The highest BCUT2D eigenvalue weighted by Crippen LogP contribution is 2.11. The highest BCUT2D eigenvalue weighted by molar-refractivity contribution is 7.92. The number of nitrogens with one attached hydrogen (secondary N) is 2. The number of nitrogens with zero attached hydrogens (tertiary/aromatic N) is 2. The van der Waals surface area contributed by atoms with Gasteiger partial charge in [-0.05, 0) is 17.6 Å². The van der Waals surface area contributed by atoms with Crippen LogP contribution < -0.4 is 10.6 Å². The van der Waals surface area contributed by atoms with Gasteiger partial charge in [-0.2, -0.15) is 4.31 Å². The average molecular weight is 409 g/mol. The van der Waals surface area contributed by atoms with Gasteiger partial charge in [0.25, 0.3) is 0 Å². The quantitative estimate of drug-likeness (QED) is 0.704. The van der Waals surface area contributed by atoms with Crippen molar-refractivity contribution in [1.29, 1.82) is 0 Å². The summed E-state index contributed by atoms with van der Waals surface area (Å²) in [4.78, 5) is 25.4. The fourth-order valence-corrected chi connectivity index (χ4v) is 3.84. The minimum atomic E-state index is -3.51. The summed E-state index contributed by atoms with van der Waals surface area (Å²) in [5.41, 5.74) is 0.817. The van der Waals surface area contributed by atoms with E-state index in [1.54, 1.807) is 6.08 Å². The topological polar surface area (TPSA) is 98.8 Å². The number of hydrogen-bond donors (Lipinski definition) is 2. The molecular weight excluding hydrogens is 380 g/mol. The summed E-state index contributed by atoms with van der Waals surface area (Å²) in [5.74, 6) is -0.103. The maximum Gasteiger partial charge on any atom is 0.321 e. The first-order chi connectivity index (χ1) is 13.3. The molecule has 1 aliphatic rings. The summed E-state index contributed by atoms with van der Waals surface area (Å²) in [6.45, 7) is 5.94. The van der Waals surface area contributed by atoms with Crippen LogP contribution >= 0.6 is 0 Å². The number of rotatable bonds is 7. The van der Waals surface area contributed by atoms with E-state index in [1.165, 1.54) is 9.71 Å². The number of amides is 3. The van der Waals surface area contributed by atoms with Crippen molar-refractivity contribution in [3.05, 3.63) is 41.3 Å². The second kappa shape index (κ2) is 10.4. The Balaban J connectivity index is 1.78. The SMILES string of the molecule is CC(C)CNC(=O)NC(=O)CN1CCN(S(=O)(=O)/C=C/c2ccccc2)CC1. The molecule has 28 heavy (non-hydrogen) atoms. The largest absolute Gasteiger partial charge is 0.338 e. The number of imide groups is 1. The van der Waals surface area contributed by atoms with Crippen LogP contribution in [-0.4, -0.2) is 68.8 Å². The Kier molecular flexibility index (Phi) is 8.16. The van der Waals surface area contributed by atoms with Crippen LogP contribution in [0, 0.1) is 5.92 Å². The lowest BCUT2D eigenvalue weighted by Crippen LogP contribution is -2.52. The van der Waals surface area contributed by atoms with E-state index in [0.717, 1.165) is 5.56 Å². The van der Waals surface area contributed by atoms with Gasteiger partial charge in [-0.15, -0.1) is 0 Å². The summed E-state index contributed by atoms with van der Waals surface area (Å²) in [7, 11) is -3.51. The summed E-state index contributed by atoms with van der Waals surface area (Å²) in [6, 6.07) is 8.72. The standard InChI is InChI=1S/C19H28N4O4S/c1-16(2)14-20-19(25)21-18(24)15-22-9-11-23(12-10-22)28(26,27)13-8-17-6-4-3-5-7-17/h3-8,13,16H,9-12,14-15H2,1-2H3,(H2,20,21,24,25)/b13-8+. The minimum Gasteiger partial charge on any atom is -0.338 e. The molecule has 1 heterocycles. The lowest BCUT2D eigenvalue weighted by molar-refractivity contribution is -0.121. The number of piperazine rings is 1. The maximum atomic E-state index is 12.4. The van der Waals surface area contributed by atoms with E-state index < -0.39 is 22.0 Å². The molecule has 3 amide bonds. The highest BCUT2D eigenvalue weighted by Gasteiger charge is 2.26. The molecule has 0 radical (unpaired) electrons. The fraction of sp³-hybridized carbons (Fsp3) is 0.474. The molecule has 0 atom stereocenters. The molecule has 0 aliphatic carbocycles. The van der Waals surface area contributed by atoms with Crippen molar-refractivity contribution >= 4 is 28.0 Å². The molecule has 1 aromatic carbocycles. The third-order valence-corrected chi connectivity index (χ3v) is 5.78. The van der Waals surface area contributed by atoms with E-state index in [0.29, 0.717) is 38.6 Å². The van der Waals surface area contributed by atoms with Gasteiger partial charge in [0, 0.05) is 38.1 Å². The number of sulfonamides is 1. The summed E-state index contributed by atoms with van der Waals surface area (Å²) in [6.07, 6.45) is 1.57. The zero-order chi connectivity index (χ0) is 20.6. The van der Waals surface area contributed by atoms with Crippen LogP contribution in [0.2, 0.25) is 0 Å². The first kappa shape index (κ1) is 22.1. The van der Waals surface area contributed by atoms with Crippen molar-refractivity contribution in [3.8, 4) is 0 Å². The monoisotopic (exact) mass is 408 g/mol. The summed E-state index contributed by atoms with van der Waals surface area (Å²) < 4.78 is 26.3. The first-order valence-electron chi connectivity index (χ1n) is 9.29. The maximum absolute atomic E-state index is 12.4. The Morgan fingerprint density at radius 3 is 2.36 bits per heavy atom. The molecule has 154 valence electrons. The Labute approximate surface area is 166 Å². The molecule has 1 aromatic rings. The number of benzene rings is 1. The third-order valence-electron chi connectivity index (χ3n) is 4.21. The Bertz CT molecular complexity index is 785. The second-order valence-corrected chi connectivity index (χ2v) is 8.90. The predicted molar refractivity (Wildman–Crippen MR) is 109 cm³/mol. The fourth-order valence-electron chi connectivity index (χ4n) is 2.67.